The van der Waals surface area contributed by atoms with Crippen molar-refractivity contribution in [1.29, 1.82) is 0 Å². The van der Waals surface area contributed by atoms with Gasteiger partial charge in [0.15, 0.2) is 0 Å². The van der Waals surface area contributed by atoms with Crippen LogP contribution < -0.4 is 10.6 Å². The second-order valence-electron chi connectivity index (χ2n) is 3.57. The van der Waals surface area contributed by atoms with Gasteiger partial charge in [-0.3, -0.25) is 10.1 Å². The standard InChI is InChI=1S/C7H11F3N2O/c1-6(2)5(13)11-3-4(12-6)7(8,9)10/h4,12H,3H2,1-2H3,(H,11,13). The number of amides is 1. The van der Waals surface area contributed by atoms with Crippen molar-refractivity contribution >= 4 is 5.91 Å². The Morgan fingerprint density at radius 1 is 1.46 bits per heavy atom. The van der Waals surface area contributed by atoms with Crippen molar-refractivity contribution in [1.82, 2.24) is 10.6 Å². The third kappa shape index (κ3) is 2.12. The summed E-state index contributed by atoms with van der Waals surface area (Å²) in [7, 11) is 0. The molecule has 1 atom stereocenters. The van der Waals surface area contributed by atoms with Crippen LogP contribution in [0.2, 0.25) is 0 Å². The Kier molecular flexibility index (Phi) is 2.27. The van der Waals surface area contributed by atoms with Crippen LogP contribution in [0.15, 0.2) is 0 Å². The third-order valence-electron chi connectivity index (χ3n) is 1.96. The molecular weight excluding hydrogens is 185 g/mol. The summed E-state index contributed by atoms with van der Waals surface area (Å²) in [5.74, 6) is -0.409. The fourth-order valence-corrected chi connectivity index (χ4v) is 1.17. The molecule has 76 valence electrons. The lowest BCUT2D eigenvalue weighted by Crippen LogP contribution is -2.67. The van der Waals surface area contributed by atoms with E-state index in [2.05, 4.69) is 10.6 Å². The third-order valence-corrected chi connectivity index (χ3v) is 1.96. The first-order valence-electron chi connectivity index (χ1n) is 3.86. The highest BCUT2D eigenvalue weighted by Gasteiger charge is 2.47. The number of carbonyl (C=O) groups excluding carboxylic acids is 1. The van der Waals surface area contributed by atoms with Gasteiger partial charge in [-0.15, -0.1) is 0 Å². The molecule has 13 heavy (non-hydrogen) atoms. The Balaban J connectivity index is 2.72. The molecule has 0 aliphatic carbocycles. The SMILES string of the molecule is CC1(C)NC(C(F)(F)F)CNC1=O. The molecule has 1 amide bonds. The summed E-state index contributed by atoms with van der Waals surface area (Å²) < 4.78 is 36.6. The number of carbonyl (C=O) groups is 1. The van der Waals surface area contributed by atoms with Crippen LogP contribution in [-0.2, 0) is 4.79 Å². The van der Waals surface area contributed by atoms with Gasteiger partial charge in [0, 0.05) is 6.54 Å². The fraction of sp³-hybridized carbons (Fsp3) is 0.857. The van der Waals surface area contributed by atoms with E-state index in [0.29, 0.717) is 0 Å². The molecule has 0 bridgehead atoms. The van der Waals surface area contributed by atoms with E-state index in [1.165, 1.54) is 13.8 Å². The maximum absolute atomic E-state index is 12.2. The molecule has 3 nitrogen and oxygen atoms in total. The van der Waals surface area contributed by atoms with Gasteiger partial charge in [0.1, 0.15) is 6.04 Å². The molecule has 1 rings (SSSR count). The van der Waals surface area contributed by atoms with Gasteiger partial charge in [0.05, 0.1) is 5.54 Å². The Morgan fingerprint density at radius 2 is 2.00 bits per heavy atom. The molecule has 0 radical (unpaired) electrons. The van der Waals surface area contributed by atoms with Gasteiger partial charge >= 0.3 is 6.18 Å². The molecule has 0 aromatic carbocycles. The van der Waals surface area contributed by atoms with Crippen LogP contribution in [-0.4, -0.2) is 30.2 Å². The monoisotopic (exact) mass is 196 g/mol. The number of halogens is 3. The zero-order valence-corrected chi connectivity index (χ0v) is 7.33. The predicted molar refractivity (Wildman–Crippen MR) is 40.1 cm³/mol. The van der Waals surface area contributed by atoms with Crippen LogP contribution in [0.3, 0.4) is 0 Å². The fourth-order valence-electron chi connectivity index (χ4n) is 1.17. The predicted octanol–water partition coefficient (Wildman–Crippen LogP) is 0.415. The average molecular weight is 196 g/mol. The minimum atomic E-state index is -4.31. The number of nitrogens with one attached hydrogen (secondary N) is 2. The number of rotatable bonds is 0. The van der Waals surface area contributed by atoms with Crippen LogP contribution in [0, 0.1) is 0 Å². The van der Waals surface area contributed by atoms with Crippen molar-refractivity contribution in [3.8, 4) is 0 Å². The van der Waals surface area contributed by atoms with Crippen molar-refractivity contribution in [3.63, 3.8) is 0 Å². The van der Waals surface area contributed by atoms with Gasteiger partial charge in [0.25, 0.3) is 0 Å². The summed E-state index contributed by atoms with van der Waals surface area (Å²) in [5, 5.41) is 4.45. The number of hydrogen-bond donors (Lipinski definition) is 2. The van der Waals surface area contributed by atoms with E-state index in [-0.39, 0.29) is 0 Å². The summed E-state index contributed by atoms with van der Waals surface area (Å²) in [6, 6.07) is -1.65. The van der Waals surface area contributed by atoms with Crippen molar-refractivity contribution in [2.24, 2.45) is 0 Å². The van der Waals surface area contributed by atoms with E-state index in [1.807, 2.05) is 0 Å². The summed E-state index contributed by atoms with van der Waals surface area (Å²) in [6.07, 6.45) is -4.31. The Morgan fingerprint density at radius 3 is 2.38 bits per heavy atom. The number of hydrogen-bond acceptors (Lipinski definition) is 2. The molecule has 1 saturated heterocycles. The highest BCUT2D eigenvalue weighted by atomic mass is 19.4. The summed E-state index contributed by atoms with van der Waals surface area (Å²) in [5.41, 5.74) is -1.15. The topological polar surface area (TPSA) is 41.1 Å². The van der Waals surface area contributed by atoms with E-state index in [9.17, 15) is 18.0 Å². The lowest BCUT2D eigenvalue weighted by atomic mass is 9.99. The van der Waals surface area contributed by atoms with Crippen molar-refractivity contribution in [2.45, 2.75) is 31.6 Å². The highest BCUT2D eigenvalue weighted by molar-refractivity contribution is 5.86. The Hall–Kier alpha value is -0.780. The van der Waals surface area contributed by atoms with Crippen LogP contribution >= 0.6 is 0 Å². The highest BCUT2D eigenvalue weighted by Crippen LogP contribution is 2.23. The van der Waals surface area contributed by atoms with Crippen LogP contribution in [0.5, 0.6) is 0 Å². The molecule has 0 aromatic heterocycles. The zero-order chi connectivity index (χ0) is 10.3. The Bertz CT molecular complexity index is 224. The van der Waals surface area contributed by atoms with Crippen LogP contribution in [0.25, 0.3) is 0 Å². The average Bonchev–Trinajstić information content (AvgIpc) is 1.92. The smallest absolute Gasteiger partial charge is 0.353 e. The van der Waals surface area contributed by atoms with Gasteiger partial charge < -0.3 is 5.32 Å². The van der Waals surface area contributed by atoms with E-state index >= 15 is 0 Å². The molecule has 1 aliphatic rings. The molecule has 0 saturated carbocycles. The lowest BCUT2D eigenvalue weighted by molar-refractivity contribution is -0.167. The van der Waals surface area contributed by atoms with Crippen molar-refractivity contribution in [3.05, 3.63) is 0 Å². The molecule has 1 heterocycles. The summed E-state index contributed by atoms with van der Waals surface area (Å²) in [4.78, 5) is 11.0. The van der Waals surface area contributed by atoms with E-state index in [1.54, 1.807) is 0 Å². The van der Waals surface area contributed by atoms with Gasteiger partial charge in [0.2, 0.25) is 5.91 Å². The Labute approximate surface area is 73.7 Å². The molecule has 2 N–H and O–H groups in total. The summed E-state index contributed by atoms with van der Waals surface area (Å²) >= 11 is 0. The molecule has 1 unspecified atom stereocenters. The first-order valence-corrected chi connectivity index (χ1v) is 3.86. The van der Waals surface area contributed by atoms with E-state index < -0.39 is 30.2 Å². The number of piperazine rings is 1. The van der Waals surface area contributed by atoms with Crippen LogP contribution in [0.1, 0.15) is 13.8 Å². The summed E-state index contributed by atoms with van der Waals surface area (Å²) in [6.45, 7) is 2.44. The maximum atomic E-state index is 12.2. The minimum absolute atomic E-state index is 0.397. The quantitative estimate of drug-likeness (QED) is 0.589. The maximum Gasteiger partial charge on any atom is 0.405 e. The second kappa shape index (κ2) is 2.87. The molecule has 0 aromatic rings. The molecule has 0 spiro atoms. The first-order chi connectivity index (χ1) is 5.73. The van der Waals surface area contributed by atoms with E-state index in [4.69, 9.17) is 0 Å². The minimum Gasteiger partial charge on any atom is -0.353 e. The lowest BCUT2D eigenvalue weighted by Gasteiger charge is -2.36. The van der Waals surface area contributed by atoms with Crippen LogP contribution in [0.4, 0.5) is 13.2 Å². The first kappa shape index (κ1) is 10.3. The molecule has 1 aliphatic heterocycles. The zero-order valence-electron chi connectivity index (χ0n) is 7.33. The van der Waals surface area contributed by atoms with Gasteiger partial charge in [-0.05, 0) is 13.8 Å². The van der Waals surface area contributed by atoms with Crippen molar-refractivity contribution < 1.29 is 18.0 Å². The molecule has 6 heteroatoms. The molecular formula is C7H11F3N2O. The van der Waals surface area contributed by atoms with E-state index in [0.717, 1.165) is 0 Å². The normalized spacial score (nSPS) is 28.4. The van der Waals surface area contributed by atoms with Gasteiger partial charge in [-0.2, -0.15) is 13.2 Å². The van der Waals surface area contributed by atoms with Crippen molar-refractivity contribution in [2.75, 3.05) is 6.54 Å². The second-order valence-corrected chi connectivity index (χ2v) is 3.57. The molecule has 1 fully saturated rings. The number of alkyl halides is 3. The van der Waals surface area contributed by atoms with Gasteiger partial charge in [-0.25, -0.2) is 0 Å². The van der Waals surface area contributed by atoms with Gasteiger partial charge in [-0.1, -0.05) is 0 Å². The largest absolute Gasteiger partial charge is 0.405 e.